The number of hydrogen-bond donors (Lipinski definition) is 1. The lowest BCUT2D eigenvalue weighted by atomic mass is 9.77. The highest BCUT2D eigenvalue weighted by Crippen LogP contribution is 2.39. The maximum absolute atomic E-state index is 13.1. The quantitative estimate of drug-likeness (QED) is 0.854. The number of nitrogens with zero attached hydrogens (tertiary/aromatic N) is 5. The zero-order valence-electron chi connectivity index (χ0n) is 15.6. The van der Waals surface area contributed by atoms with E-state index in [2.05, 4.69) is 27.2 Å². The summed E-state index contributed by atoms with van der Waals surface area (Å²) in [7, 11) is 1.92. The molecule has 0 bridgehead atoms. The molecule has 0 fully saturated rings. The average molecular weight is 390 g/mol. The van der Waals surface area contributed by atoms with Crippen molar-refractivity contribution in [2.45, 2.75) is 26.1 Å². The van der Waals surface area contributed by atoms with Gasteiger partial charge in [0.25, 0.3) is 0 Å². The molecule has 1 aliphatic carbocycles. The summed E-state index contributed by atoms with van der Waals surface area (Å²) in [6.07, 6.45) is 10.2. The Morgan fingerprint density at radius 1 is 1.29 bits per heavy atom. The maximum Gasteiger partial charge on any atom is 0.490 e. The minimum absolute atomic E-state index is 0.0810. The van der Waals surface area contributed by atoms with Crippen LogP contribution in [0.3, 0.4) is 0 Å². The van der Waals surface area contributed by atoms with E-state index < -0.39 is 6.30 Å². The molecule has 0 saturated carbocycles. The topological polar surface area (TPSA) is 48.7 Å². The van der Waals surface area contributed by atoms with Gasteiger partial charge in [0.2, 0.25) is 0 Å². The van der Waals surface area contributed by atoms with Gasteiger partial charge in [0.05, 0.1) is 18.2 Å². The number of alkyl halides is 3. The molecular formula is C19H21F3N6. The molecule has 6 nitrogen and oxygen atoms in total. The average Bonchev–Trinajstić information content (AvgIpc) is 3.30. The third kappa shape index (κ3) is 3.10. The van der Waals surface area contributed by atoms with Crippen LogP contribution in [0.4, 0.5) is 13.2 Å². The number of allylic oxidation sites excluding steroid dienone is 3. The van der Waals surface area contributed by atoms with Crippen LogP contribution in [0.1, 0.15) is 25.6 Å². The highest BCUT2D eigenvalue weighted by Gasteiger charge is 2.36. The van der Waals surface area contributed by atoms with Gasteiger partial charge < -0.3 is 10.3 Å². The molecule has 0 amide bonds. The first-order valence-electron chi connectivity index (χ1n) is 9.04. The Morgan fingerprint density at radius 3 is 2.79 bits per heavy atom. The fourth-order valence-corrected chi connectivity index (χ4v) is 3.66. The van der Waals surface area contributed by atoms with Gasteiger partial charge >= 0.3 is 6.30 Å². The highest BCUT2D eigenvalue weighted by molar-refractivity contribution is 5.72. The summed E-state index contributed by atoms with van der Waals surface area (Å²) in [5.41, 5.74) is 5.44. The Balaban J connectivity index is 1.54. The van der Waals surface area contributed by atoms with Crippen molar-refractivity contribution in [2.24, 2.45) is 10.4 Å². The SMILES string of the molecule is CCC1(CN2C=NC=C3C2=CNN3C)C=CC(c2nccn2C(F)(F)F)=CC1. The zero-order chi connectivity index (χ0) is 19.9. The number of fused-ring (bicyclic) bond motifs is 1. The number of hydrazine groups is 1. The van der Waals surface area contributed by atoms with Crippen molar-refractivity contribution in [2.75, 3.05) is 13.6 Å². The summed E-state index contributed by atoms with van der Waals surface area (Å²) in [6.45, 7) is 2.77. The largest absolute Gasteiger partial charge is 0.490 e. The summed E-state index contributed by atoms with van der Waals surface area (Å²) in [5, 5.41) is 1.89. The predicted molar refractivity (Wildman–Crippen MR) is 100 cm³/mol. The number of halogens is 3. The first-order chi connectivity index (χ1) is 13.3. The van der Waals surface area contributed by atoms with Crippen molar-refractivity contribution in [1.82, 2.24) is 24.9 Å². The fourth-order valence-electron chi connectivity index (χ4n) is 3.66. The van der Waals surface area contributed by atoms with Gasteiger partial charge in [0.15, 0.2) is 0 Å². The lowest BCUT2D eigenvalue weighted by Gasteiger charge is -2.37. The smallest absolute Gasteiger partial charge is 0.328 e. The second kappa shape index (κ2) is 6.57. The molecule has 2 aliphatic heterocycles. The van der Waals surface area contributed by atoms with E-state index >= 15 is 0 Å². The van der Waals surface area contributed by atoms with E-state index in [0.29, 0.717) is 18.5 Å². The molecule has 1 N–H and O–H groups in total. The molecule has 0 aromatic carbocycles. The lowest BCUT2D eigenvalue weighted by molar-refractivity contribution is -0.204. The van der Waals surface area contributed by atoms with Crippen molar-refractivity contribution >= 4 is 11.9 Å². The normalized spacial score (nSPS) is 24.0. The third-order valence-corrected chi connectivity index (χ3v) is 5.44. The van der Waals surface area contributed by atoms with Gasteiger partial charge in [-0.3, -0.25) is 5.01 Å². The molecule has 9 heteroatoms. The predicted octanol–water partition coefficient (Wildman–Crippen LogP) is 3.58. The van der Waals surface area contributed by atoms with Gasteiger partial charge in [0.1, 0.15) is 11.5 Å². The maximum atomic E-state index is 13.1. The molecule has 0 saturated heterocycles. The van der Waals surface area contributed by atoms with Crippen molar-refractivity contribution in [3.63, 3.8) is 0 Å². The summed E-state index contributed by atoms with van der Waals surface area (Å²) in [4.78, 5) is 10.3. The molecular weight excluding hydrogens is 369 g/mol. The molecule has 1 unspecified atom stereocenters. The van der Waals surface area contributed by atoms with Crippen LogP contribution in [0.25, 0.3) is 5.57 Å². The van der Waals surface area contributed by atoms with E-state index in [9.17, 15) is 13.2 Å². The summed E-state index contributed by atoms with van der Waals surface area (Å²) >= 11 is 0. The molecule has 1 aromatic rings. The van der Waals surface area contributed by atoms with Crippen LogP contribution in [0, 0.1) is 5.41 Å². The molecule has 3 heterocycles. The van der Waals surface area contributed by atoms with Gasteiger partial charge in [-0.2, -0.15) is 0 Å². The van der Waals surface area contributed by atoms with Gasteiger partial charge in [-0.25, -0.2) is 14.5 Å². The Bertz CT molecular complexity index is 920. The van der Waals surface area contributed by atoms with Crippen LogP contribution in [0.15, 0.2) is 59.4 Å². The monoisotopic (exact) mass is 390 g/mol. The Morgan fingerprint density at radius 2 is 2.11 bits per heavy atom. The molecule has 0 spiro atoms. The summed E-state index contributed by atoms with van der Waals surface area (Å²) in [6, 6.07) is 0. The number of nitrogens with one attached hydrogen (secondary N) is 1. The first-order valence-corrected chi connectivity index (χ1v) is 9.04. The van der Waals surface area contributed by atoms with Crippen LogP contribution < -0.4 is 5.43 Å². The van der Waals surface area contributed by atoms with Gasteiger partial charge in [-0.05, 0) is 12.8 Å². The summed E-state index contributed by atoms with van der Waals surface area (Å²) < 4.78 is 39.7. The molecule has 3 aliphatic rings. The van der Waals surface area contributed by atoms with Gasteiger partial charge in [-0.15, -0.1) is 13.2 Å². The van der Waals surface area contributed by atoms with Crippen LogP contribution in [-0.4, -0.2) is 39.4 Å². The van der Waals surface area contributed by atoms with E-state index in [-0.39, 0.29) is 15.8 Å². The Hall–Kier alpha value is -2.97. The number of rotatable bonds is 4. The number of aliphatic imine (C=N–C) groups is 1. The Labute approximate surface area is 161 Å². The van der Waals surface area contributed by atoms with E-state index in [1.54, 1.807) is 18.6 Å². The van der Waals surface area contributed by atoms with E-state index in [4.69, 9.17) is 0 Å². The fraction of sp³-hybridized carbons (Fsp3) is 0.368. The van der Waals surface area contributed by atoms with Crippen molar-refractivity contribution in [1.29, 1.82) is 0 Å². The van der Waals surface area contributed by atoms with E-state index in [1.165, 1.54) is 6.20 Å². The minimum atomic E-state index is -4.49. The van der Waals surface area contributed by atoms with Gasteiger partial charge in [-0.1, -0.05) is 25.2 Å². The van der Waals surface area contributed by atoms with E-state index in [1.807, 2.05) is 30.4 Å². The van der Waals surface area contributed by atoms with Crippen LogP contribution in [0.5, 0.6) is 0 Å². The van der Waals surface area contributed by atoms with Crippen molar-refractivity contribution < 1.29 is 13.2 Å². The second-order valence-electron chi connectivity index (χ2n) is 7.13. The van der Waals surface area contributed by atoms with Crippen LogP contribution in [-0.2, 0) is 6.30 Å². The van der Waals surface area contributed by atoms with E-state index in [0.717, 1.165) is 24.0 Å². The van der Waals surface area contributed by atoms with Crippen LogP contribution >= 0.6 is 0 Å². The molecule has 1 aromatic heterocycles. The third-order valence-electron chi connectivity index (χ3n) is 5.44. The first kappa shape index (κ1) is 18.4. The number of likely N-dealkylation sites (N-methyl/N-ethyl adjacent to an activating group) is 1. The second-order valence-corrected chi connectivity index (χ2v) is 7.13. The lowest BCUT2D eigenvalue weighted by Crippen LogP contribution is -2.37. The standard InChI is InChI=1S/C19H21F3N6/c1-3-18(12-27-13-23-10-15-16(27)11-25-26(15)2)6-4-14(5-7-18)17-24-8-9-28(17)19(20,21)22/h4-6,8-11,13,25H,3,7,12H2,1-2H3. The molecule has 148 valence electrons. The Kier molecular flexibility index (Phi) is 4.32. The van der Waals surface area contributed by atoms with Gasteiger partial charge in [0, 0.05) is 43.2 Å². The molecule has 28 heavy (non-hydrogen) atoms. The molecule has 1 atom stereocenters. The van der Waals surface area contributed by atoms with Crippen molar-refractivity contribution in [3.05, 3.63) is 60.2 Å². The van der Waals surface area contributed by atoms with Crippen molar-refractivity contribution in [3.8, 4) is 0 Å². The van der Waals surface area contributed by atoms with Crippen LogP contribution in [0.2, 0.25) is 0 Å². The number of aromatic nitrogens is 2. The molecule has 4 rings (SSSR count). The zero-order valence-corrected chi connectivity index (χ0v) is 15.6. The summed E-state index contributed by atoms with van der Waals surface area (Å²) in [5.74, 6) is -0.0810. The highest BCUT2D eigenvalue weighted by atomic mass is 19.4. The minimum Gasteiger partial charge on any atom is -0.328 e. The molecule has 0 radical (unpaired) electrons. The number of hydrogen-bond acceptors (Lipinski definition) is 5. The number of imidazole rings is 1.